The molecule has 0 spiro atoms. The van der Waals surface area contributed by atoms with Crippen LogP contribution < -0.4 is 19.7 Å². The molecule has 11 heteroatoms. The fourth-order valence-corrected chi connectivity index (χ4v) is 3.72. The predicted octanol–water partition coefficient (Wildman–Crippen LogP) is 1.07. The highest BCUT2D eigenvalue weighted by Crippen LogP contribution is 2.36. The Morgan fingerprint density at radius 3 is 2.79 bits per heavy atom. The molecule has 10 nitrogen and oxygen atoms in total. The molecule has 0 fully saturated rings. The Hall–Kier alpha value is -3.21. The maximum Gasteiger partial charge on any atom is 0.238 e. The van der Waals surface area contributed by atoms with Gasteiger partial charge in [-0.1, -0.05) is 0 Å². The van der Waals surface area contributed by atoms with E-state index in [1.165, 1.54) is 7.11 Å². The third kappa shape index (κ3) is 3.24. The number of methoxy groups -OCH3 is 1. The number of ether oxygens (including phenoxy) is 1. The molecule has 2 aromatic heterocycles. The number of aliphatic imine (C=N–C) groups is 1. The van der Waals surface area contributed by atoms with Gasteiger partial charge in [0.1, 0.15) is 17.3 Å². The lowest BCUT2D eigenvalue weighted by molar-refractivity contribution is 0.400. The summed E-state index contributed by atoms with van der Waals surface area (Å²) in [6, 6.07) is 1.69. The molecule has 2 aromatic rings. The maximum absolute atomic E-state index is 11.7. The average molecular weight is 401 g/mol. The van der Waals surface area contributed by atoms with Gasteiger partial charge in [-0.05, 0) is 12.1 Å². The van der Waals surface area contributed by atoms with Crippen molar-refractivity contribution in [3.63, 3.8) is 0 Å². The maximum atomic E-state index is 11.7. The van der Waals surface area contributed by atoms with Gasteiger partial charge < -0.3 is 15.0 Å². The second kappa shape index (κ2) is 6.75. The number of amidine groups is 1. The number of rotatable bonds is 5. The zero-order valence-corrected chi connectivity index (χ0v) is 16.4. The SMILES string of the molecule is CNc1ncc2c(n1)N1CCN=C1C(c1cnc(OC)c(NS(C)(=O)=O)c1)=C2. The highest BCUT2D eigenvalue weighted by Gasteiger charge is 2.31. The van der Waals surface area contributed by atoms with Crippen molar-refractivity contribution in [2.45, 2.75) is 0 Å². The molecule has 28 heavy (non-hydrogen) atoms. The molecule has 0 aromatic carbocycles. The molecule has 0 amide bonds. The van der Waals surface area contributed by atoms with Gasteiger partial charge in [0.05, 0.1) is 19.9 Å². The average Bonchev–Trinajstić information content (AvgIpc) is 3.16. The van der Waals surface area contributed by atoms with Crippen LogP contribution >= 0.6 is 0 Å². The number of hydrogen-bond acceptors (Lipinski definition) is 9. The quantitative estimate of drug-likeness (QED) is 0.763. The number of nitrogens with one attached hydrogen (secondary N) is 2. The fourth-order valence-electron chi connectivity index (χ4n) is 3.17. The third-order valence-electron chi connectivity index (χ3n) is 4.31. The molecule has 0 bridgehead atoms. The minimum Gasteiger partial charge on any atom is -0.480 e. The minimum atomic E-state index is -3.49. The number of anilines is 3. The summed E-state index contributed by atoms with van der Waals surface area (Å²) in [5.74, 6) is 2.28. The standard InChI is InChI=1S/C17H19N7O3S/c1-18-17-21-9-11-6-12(15-19-4-5-24(15)14(11)22-17)10-7-13(23-28(3,25)26)16(27-2)20-8-10/h6-9,23H,4-5H2,1-3H3,(H,18,21,22). The molecule has 2 aliphatic heterocycles. The van der Waals surface area contributed by atoms with E-state index in [0.717, 1.165) is 29.0 Å². The van der Waals surface area contributed by atoms with Gasteiger partial charge in [0.15, 0.2) is 0 Å². The van der Waals surface area contributed by atoms with E-state index in [1.807, 2.05) is 11.0 Å². The van der Waals surface area contributed by atoms with E-state index >= 15 is 0 Å². The second-order valence-electron chi connectivity index (χ2n) is 6.29. The third-order valence-corrected chi connectivity index (χ3v) is 4.90. The van der Waals surface area contributed by atoms with Crippen LogP contribution in [0, 0.1) is 0 Å². The van der Waals surface area contributed by atoms with E-state index in [9.17, 15) is 8.42 Å². The molecular formula is C17H19N7O3S. The van der Waals surface area contributed by atoms with Crippen molar-refractivity contribution in [1.29, 1.82) is 0 Å². The normalized spacial score (nSPS) is 15.3. The monoisotopic (exact) mass is 401 g/mol. The Kier molecular flexibility index (Phi) is 4.38. The smallest absolute Gasteiger partial charge is 0.238 e. The second-order valence-corrected chi connectivity index (χ2v) is 8.04. The van der Waals surface area contributed by atoms with E-state index in [2.05, 4.69) is 30.0 Å². The summed E-state index contributed by atoms with van der Waals surface area (Å²) in [4.78, 5) is 19.7. The van der Waals surface area contributed by atoms with E-state index in [-0.39, 0.29) is 11.6 Å². The number of nitrogens with zero attached hydrogens (tertiary/aromatic N) is 5. The van der Waals surface area contributed by atoms with Crippen LogP contribution in [0.4, 0.5) is 17.5 Å². The highest BCUT2D eigenvalue weighted by molar-refractivity contribution is 7.92. The first kappa shape index (κ1) is 18.2. The summed E-state index contributed by atoms with van der Waals surface area (Å²) in [6.07, 6.45) is 6.39. The Morgan fingerprint density at radius 1 is 1.25 bits per heavy atom. The van der Waals surface area contributed by atoms with Gasteiger partial charge in [-0.3, -0.25) is 9.71 Å². The van der Waals surface area contributed by atoms with Crippen LogP contribution in [0.1, 0.15) is 11.1 Å². The first-order chi connectivity index (χ1) is 13.4. The van der Waals surface area contributed by atoms with Gasteiger partial charge in [-0.2, -0.15) is 4.98 Å². The summed E-state index contributed by atoms with van der Waals surface area (Å²) >= 11 is 0. The van der Waals surface area contributed by atoms with E-state index in [4.69, 9.17) is 4.74 Å². The zero-order valence-electron chi connectivity index (χ0n) is 15.6. The Bertz CT molecular complexity index is 1110. The van der Waals surface area contributed by atoms with Crippen LogP contribution in [0.2, 0.25) is 0 Å². The topological polar surface area (TPSA) is 122 Å². The van der Waals surface area contributed by atoms with Crippen LogP contribution in [-0.2, 0) is 10.0 Å². The fraction of sp³-hybridized carbons (Fsp3) is 0.294. The molecule has 0 radical (unpaired) electrons. The number of hydrogen-bond donors (Lipinski definition) is 2. The van der Waals surface area contributed by atoms with Gasteiger partial charge in [-0.25, -0.2) is 18.4 Å². The first-order valence-electron chi connectivity index (χ1n) is 8.50. The molecule has 4 heterocycles. The molecule has 0 atom stereocenters. The van der Waals surface area contributed by atoms with Crippen molar-refractivity contribution in [1.82, 2.24) is 15.0 Å². The van der Waals surface area contributed by atoms with Crippen LogP contribution in [-0.4, -0.2) is 62.7 Å². The minimum absolute atomic E-state index is 0.193. The van der Waals surface area contributed by atoms with Crippen molar-refractivity contribution in [3.05, 3.63) is 29.6 Å². The van der Waals surface area contributed by atoms with E-state index in [0.29, 0.717) is 24.6 Å². The molecule has 0 aliphatic carbocycles. The summed E-state index contributed by atoms with van der Waals surface area (Å²) in [6.45, 7) is 1.35. The number of sulfonamides is 1. The molecule has 4 rings (SSSR count). The van der Waals surface area contributed by atoms with Gasteiger partial charge in [0, 0.05) is 42.7 Å². The van der Waals surface area contributed by atoms with Crippen molar-refractivity contribution >= 4 is 45.0 Å². The van der Waals surface area contributed by atoms with Crippen molar-refractivity contribution in [3.8, 4) is 5.88 Å². The largest absolute Gasteiger partial charge is 0.480 e. The summed E-state index contributed by atoms with van der Waals surface area (Å²) < 4.78 is 31.0. The molecule has 0 saturated heterocycles. The van der Waals surface area contributed by atoms with E-state index < -0.39 is 10.0 Å². The first-order valence-corrected chi connectivity index (χ1v) is 10.4. The molecule has 146 valence electrons. The highest BCUT2D eigenvalue weighted by atomic mass is 32.2. The summed E-state index contributed by atoms with van der Waals surface area (Å²) in [5.41, 5.74) is 2.64. The Balaban J connectivity index is 1.84. The molecule has 2 aliphatic rings. The zero-order chi connectivity index (χ0) is 19.9. The van der Waals surface area contributed by atoms with Crippen LogP contribution in [0.15, 0.2) is 23.5 Å². The van der Waals surface area contributed by atoms with Crippen LogP contribution in [0.25, 0.3) is 11.6 Å². The Labute approximate surface area is 162 Å². The number of fused-ring (bicyclic) bond motifs is 3. The van der Waals surface area contributed by atoms with Crippen LogP contribution in [0.3, 0.4) is 0 Å². The van der Waals surface area contributed by atoms with Gasteiger partial charge >= 0.3 is 0 Å². The lowest BCUT2D eigenvalue weighted by atomic mass is 10.00. The lowest BCUT2D eigenvalue weighted by Crippen LogP contribution is -2.32. The van der Waals surface area contributed by atoms with Crippen molar-refractivity contribution < 1.29 is 13.2 Å². The van der Waals surface area contributed by atoms with Crippen molar-refractivity contribution in [2.75, 3.05) is 48.4 Å². The predicted molar refractivity (Wildman–Crippen MR) is 108 cm³/mol. The Morgan fingerprint density at radius 2 is 2.07 bits per heavy atom. The molecule has 0 unspecified atom stereocenters. The van der Waals surface area contributed by atoms with E-state index in [1.54, 1.807) is 25.5 Å². The van der Waals surface area contributed by atoms with Gasteiger partial charge in [0.25, 0.3) is 0 Å². The molecular weight excluding hydrogens is 382 g/mol. The lowest BCUT2D eigenvalue weighted by Gasteiger charge is -2.27. The van der Waals surface area contributed by atoms with Gasteiger partial charge in [-0.15, -0.1) is 0 Å². The summed E-state index contributed by atoms with van der Waals surface area (Å²) in [7, 11) is -0.285. The van der Waals surface area contributed by atoms with Crippen LogP contribution in [0.5, 0.6) is 5.88 Å². The summed E-state index contributed by atoms with van der Waals surface area (Å²) in [5, 5.41) is 2.94. The number of aromatic nitrogens is 3. The van der Waals surface area contributed by atoms with Crippen molar-refractivity contribution in [2.24, 2.45) is 4.99 Å². The molecule has 2 N–H and O–H groups in total. The molecule has 0 saturated carbocycles. The number of pyridine rings is 1. The van der Waals surface area contributed by atoms with Gasteiger partial charge in [0.2, 0.25) is 21.9 Å².